The van der Waals surface area contributed by atoms with E-state index in [0.29, 0.717) is 6.54 Å². The number of carbonyl (C=O) groups excluding carboxylic acids is 1. The molecule has 1 saturated carbocycles. The predicted molar refractivity (Wildman–Crippen MR) is 83.2 cm³/mol. The molecule has 1 aliphatic heterocycles. The van der Waals surface area contributed by atoms with Crippen LogP contribution in [-0.4, -0.2) is 41.7 Å². The van der Waals surface area contributed by atoms with Gasteiger partial charge in [-0.15, -0.1) is 0 Å². The largest absolute Gasteiger partial charge is 0.391 e. The number of fused-ring (bicyclic) bond motifs is 1. The Balaban J connectivity index is 1.68. The Morgan fingerprint density at radius 3 is 2.86 bits per heavy atom. The van der Waals surface area contributed by atoms with Crippen LogP contribution < -0.4 is 5.32 Å². The number of hydrogen-bond donors (Lipinski definition) is 2. The molecule has 0 spiro atoms. The van der Waals surface area contributed by atoms with E-state index in [1.807, 2.05) is 19.2 Å². The summed E-state index contributed by atoms with van der Waals surface area (Å²) in [4.78, 5) is 14.5. The van der Waals surface area contributed by atoms with Gasteiger partial charge in [-0.3, -0.25) is 4.79 Å². The minimum atomic E-state index is -0.364. The van der Waals surface area contributed by atoms with Crippen LogP contribution in [0.15, 0.2) is 24.3 Å². The van der Waals surface area contributed by atoms with Gasteiger partial charge in [0.15, 0.2) is 0 Å². The number of aliphatic hydroxyl groups excluding tert-OH is 1. The molecule has 1 aromatic carbocycles. The van der Waals surface area contributed by atoms with E-state index in [-0.39, 0.29) is 24.0 Å². The second kappa shape index (κ2) is 6.06. The van der Waals surface area contributed by atoms with E-state index in [9.17, 15) is 9.90 Å². The SMILES string of the molecule is CN(C(=O)C1CNc2ccccc2C1)C1CCCCC1O. The third-order valence-corrected chi connectivity index (χ3v) is 4.91. The average molecular weight is 288 g/mol. The molecule has 3 atom stereocenters. The average Bonchev–Trinajstić information content (AvgIpc) is 2.53. The molecule has 2 aliphatic rings. The second-order valence-corrected chi connectivity index (χ2v) is 6.31. The third-order valence-electron chi connectivity index (χ3n) is 4.91. The number of para-hydroxylation sites is 1. The van der Waals surface area contributed by atoms with Crippen LogP contribution in [0, 0.1) is 5.92 Å². The van der Waals surface area contributed by atoms with Gasteiger partial charge in [-0.2, -0.15) is 0 Å². The highest BCUT2D eigenvalue weighted by Crippen LogP contribution is 2.28. The Bertz CT molecular complexity index is 517. The number of carbonyl (C=O) groups is 1. The highest BCUT2D eigenvalue weighted by molar-refractivity contribution is 5.81. The maximum atomic E-state index is 12.7. The number of likely N-dealkylation sites (N-methyl/N-ethyl adjacent to an activating group) is 1. The smallest absolute Gasteiger partial charge is 0.227 e. The predicted octanol–water partition coefficient (Wildman–Crippen LogP) is 2.03. The number of anilines is 1. The second-order valence-electron chi connectivity index (χ2n) is 6.31. The summed E-state index contributed by atoms with van der Waals surface area (Å²) in [6.07, 6.45) is 4.32. The Labute approximate surface area is 126 Å². The van der Waals surface area contributed by atoms with Gasteiger partial charge in [-0.25, -0.2) is 0 Å². The van der Waals surface area contributed by atoms with Crippen molar-refractivity contribution < 1.29 is 9.90 Å². The first-order valence-corrected chi connectivity index (χ1v) is 7.93. The van der Waals surface area contributed by atoms with E-state index in [2.05, 4.69) is 17.4 Å². The van der Waals surface area contributed by atoms with Crippen LogP contribution in [0.25, 0.3) is 0 Å². The first kappa shape index (κ1) is 14.4. The summed E-state index contributed by atoms with van der Waals surface area (Å²) in [5.74, 6) is 0.127. The highest BCUT2D eigenvalue weighted by Gasteiger charge is 2.33. The summed E-state index contributed by atoms with van der Waals surface area (Å²) < 4.78 is 0. The number of hydrogen-bond acceptors (Lipinski definition) is 3. The molecule has 1 amide bonds. The summed E-state index contributed by atoms with van der Waals surface area (Å²) in [6.45, 7) is 0.684. The molecule has 1 heterocycles. The fourth-order valence-electron chi connectivity index (χ4n) is 3.61. The normalized spacial score (nSPS) is 28.4. The van der Waals surface area contributed by atoms with Gasteiger partial charge in [0.1, 0.15) is 0 Å². The van der Waals surface area contributed by atoms with Crippen LogP contribution in [0.4, 0.5) is 5.69 Å². The van der Waals surface area contributed by atoms with Crippen LogP contribution in [0.2, 0.25) is 0 Å². The minimum absolute atomic E-state index is 0.0107. The Hall–Kier alpha value is -1.55. The first-order chi connectivity index (χ1) is 10.2. The lowest BCUT2D eigenvalue weighted by Crippen LogP contribution is -2.50. The number of amides is 1. The molecule has 1 fully saturated rings. The molecule has 1 aromatic rings. The first-order valence-electron chi connectivity index (χ1n) is 7.93. The standard InChI is InChI=1S/C17H24N2O2/c1-19(15-8-4-5-9-16(15)20)17(21)13-10-12-6-2-3-7-14(12)18-11-13/h2-3,6-7,13,15-16,18,20H,4-5,8-11H2,1H3. The van der Waals surface area contributed by atoms with Crippen LogP contribution in [0.5, 0.6) is 0 Å². The van der Waals surface area contributed by atoms with E-state index in [4.69, 9.17) is 0 Å². The van der Waals surface area contributed by atoms with Crippen LogP contribution >= 0.6 is 0 Å². The Morgan fingerprint density at radius 2 is 2.05 bits per heavy atom. The number of aliphatic hydroxyl groups is 1. The quantitative estimate of drug-likeness (QED) is 0.875. The zero-order valence-corrected chi connectivity index (χ0v) is 12.6. The van der Waals surface area contributed by atoms with Gasteiger partial charge < -0.3 is 15.3 Å². The zero-order chi connectivity index (χ0) is 14.8. The van der Waals surface area contributed by atoms with Gasteiger partial charge >= 0.3 is 0 Å². The number of benzene rings is 1. The summed E-state index contributed by atoms with van der Waals surface area (Å²) in [6, 6.07) is 8.16. The van der Waals surface area contributed by atoms with Crippen molar-refractivity contribution in [2.75, 3.05) is 18.9 Å². The van der Waals surface area contributed by atoms with Gasteiger partial charge in [0.25, 0.3) is 0 Å². The van der Waals surface area contributed by atoms with E-state index in [1.54, 1.807) is 4.90 Å². The van der Waals surface area contributed by atoms with E-state index >= 15 is 0 Å². The summed E-state index contributed by atoms with van der Waals surface area (Å²) in [7, 11) is 1.85. The number of nitrogens with zero attached hydrogens (tertiary/aromatic N) is 1. The molecule has 4 heteroatoms. The maximum Gasteiger partial charge on any atom is 0.227 e. The maximum absolute atomic E-state index is 12.7. The molecule has 21 heavy (non-hydrogen) atoms. The Morgan fingerprint density at radius 1 is 1.29 bits per heavy atom. The van der Waals surface area contributed by atoms with Gasteiger partial charge in [0.05, 0.1) is 18.1 Å². The monoisotopic (exact) mass is 288 g/mol. The van der Waals surface area contributed by atoms with E-state index < -0.39 is 0 Å². The van der Waals surface area contributed by atoms with Crippen LogP contribution in [-0.2, 0) is 11.2 Å². The molecule has 3 rings (SSSR count). The lowest BCUT2D eigenvalue weighted by Gasteiger charge is -2.38. The molecule has 114 valence electrons. The number of nitrogens with one attached hydrogen (secondary N) is 1. The van der Waals surface area contributed by atoms with Crippen molar-refractivity contribution in [1.29, 1.82) is 0 Å². The Kier molecular flexibility index (Phi) is 4.15. The molecule has 2 N–H and O–H groups in total. The van der Waals surface area contributed by atoms with Gasteiger partial charge in [-0.05, 0) is 30.9 Å². The molecule has 4 nitrogen and oxygen atoms in total. The van der Waals surface area contributed by atoms with Crippen molar-refractivity contribution in [2.24, 2.45) is 5.92 Å². The highest BCUT2D eigenvalue weighted by atomic mass is 16.3. The molecule has 0 radical (unpaired) electrons. The van der Waals surface area contributed by atoms with Crippen LogP contribution in [0.3, 0.4) is 0 Å². The van der Waals surface area contributed by atoms with Crippen molar-refractivity contribution in [3.63, 3.8) is 0 Å². The molecular formula is C17H24N2O2. The molecule has 0 aromatic heterocycles. The van der Waals surface area contributed by atoms with E-state index in [1.165, 1.54) is 5.56 Å². The topological polar surface area (TPSA) is 52.6 Å². The van der Waals surface area contributed by atoms with Crippen molar-refractivity contribution >= 4 is 11.6 Å². The third kappa shape index (κ3) is 2.91. The molecule has 0 saturated heterocycles. The van der Waals surface area contributed by atoms with Gasteiger partial charge in [0, 0.05) is 19.3 Å². The summed E-state index contributed by atoms with van der Waals surface area (Å²) in [5.41, 5.74) is 2.35. The molecule has 0 bridgehead atoms. The fraction of sp³-hybridized carbons (Fsp3) is 0.588. The number of rotatable bonds is 2. The van der Waals surface area contributed by atoms with Crippen molar-refractivity contribution in [3.05, 3.63) is 29.8 Å². The van der Waals surface area contributed by atoms with Gasteiger partial charge in [-0.1, -0.05) is 31.0 Å². The molecule has 3 unspecified atom stereocenters. The lowest BCUT2D eigenvalue weighted by atomic mass is 9.89. The van der Waals surface area contributed by atoms with Crippen molar-refractivity contribution in [2.45, 2.75) is 44.2 Å². The molecular weight excluding hydrogens is 264 g/mol. The lowest BCUT2D eigenvalue weighted by molar-refractivity contribution is -0.139. The zero-order valence-electron chi connectivity index (χ0n) is 12.6. The van der Waals surface area contributed by atoms with Crippen LogP contribution in [0.1, 0.15) is 31.2 Å². The molecule has 1 aliphatic carbocycles. The minimum Gasteiger partial charge on any atom is -0.391 e. The van der Waals surface area contributed by atoms with E-state index in [0.717, 1.165) is 37.8 Å². The van der Waals surface area contributed by atoms with Gasteiger partial charge in [0.2, 0.25) is 5.91 Å². The van der Waals surface area contributed by atoms with Crippen molar-refractivity contribution in [3.8, 4) is 0 Å². The van der Waals surface area contributed by atoms with Crippen molar-refractivity contribution in [1.82, 2.24) is 4.90 Å². The summed E-state index contributed by atoms with van der Waals surface area (Å²) >= 11 is 0. The summed E-state index contributed by atoms with van der Waals surface area (Å²) in [5, 5.41) is 13.5. The fourth-order valence-corrected chi connectivity index (χ4v) is 3.61.